The molecule has 13 atom stereocenters. The van der Waals surface area contributed by atoms with E-state index >= 15 is 14.4 Å². The smallest absolute Gasteiger partial charge is 0.326 e. The lowest BCUT2D eigenvalue weighted by atomic mass is 9.96. The second kappa shape index (κ2) is 43.3. The van der Waals surface area contributed by atoms with Crippen molar-refractivity contribution in [1.82, 2.24) is 84.0 Å². The minimum Gasteiger partial charge on any atom is -0.481 e. The number of carboxylic acids is 2. The molecule has 5 aromatic rings. The quantitative estimate of drug-likeness (QED) is 0.0268. The standard InChI is InChI=1S/C79H102N16O18/c1-8-46(6)67(77(110)91-57(37-52-40-80-43-83-52)72(105)87-55(34-49-24-15-10-16-25-49)71(104)92-60(79(112)113)39-65(99)100)94-74(107)56(35-50-26-17-11-18-27-50)89-70(103)54(33-48-22-13-9-14-23-48)88-73(106)58-38-62(96)81-41-64(98)93-66(45(4)5)76(109)82-42-63(97)85-59(36-51-28-19-12-20-29-51)78(111)95-31-21-30-61(95)75(108)90-53(32-44(2)3)69(102)84-47(7)68(101)86-58/h9-20,22-29,40,43-47,53-61,66-67H,8,21,30-39,41-42H2,1-7H3,(H,80,83)(H,81,96)(H,82,109)(H,84,102)(H,85,97)(H,86,101)(H,87,105)(H,88,106)(H,89,103)(H,90,108)(H,91,110)(H,92,104)(H,93,98)(H,94,107)(H,99,100)(H,112,113)/t46-,47-,53-,54-,55-,56-,57-,58-,59-,60-,61-,66-,67-/m0/s1. The summed E-state index contributed by atoms with van der Waals surface area (Å²) in [6.07, 6.45) is 0.553. The van der Waals surface area contributed by atoms with Gasteiger partial charge in [-0.1, -0.05) is 169 Å². The van der Waals surface area contributed by atoms with E-state index in [-0.39, 0.29) is 69.5 Å². The number of hydrogen-bond acceptors (Lipinski definition) is 17. The molecule has 16 N–H and O–H groups in total. The zero-order valence-electron chi connectivity index (χ0n) is 64.1. The third-order valence-electron chi connectivity index (χ3n) is 19.1. The summed E-state index contributed by atoms with van der Waals surface area (Å²) >= 11 is 0. The van der Waals surface area contributed by atoms with Crippen LogP contribution in [0.3, 0.4) is 0 Å². The normalized spacial score (nSPS) is 20.2. The molecule has 0 radical (unpaired) electrons. The number of aliphatic carboxylic acids is 2. The van der Waals surface area contributed by atoms with E-state index in [2.05, 4.69) is 79.1 Å². The second-order valence-corrected chi connectivity index (χ2v) is 28.9. The predicted octanol–water partition coefficient (Wildman–Crippen LogP) is -0.790. The SMILES string of the molecule is CC[C@H](C)[C@H](NC(=O)[C@H](Cc1ccccc1)NC(=O)[C@H](Cc1ccccc1)NC(=O)[C@@H]1CC(=O)NCC(=O)N[C@@H](C(C)C)C(=O)NCC(=O)N[C@@H](Cc2ccccc2)C(=O)N2CCC[C@H]2C(=O)N[C@@H](CC(C)C)C(=O)N[C@@H](C)C(=O)N1)C(=O)N[C@@H](Cc1c[nH]cn1)C(=O)N[C@@H](Cc1ccccc1)C(=O)N[C@@H](CC(=O)O)C(=O)O. The zero-order chi connectivity index (χ0) is 82.4. The van der Waals surface area contributed by atoms with Crippen molar-refractivity contribution in [3.05, 3.63) is 162 Å². The third kappa shape index (κ3) is 27.8. The maximum Gasteiger partial charge on any atom is 0.326 e. The van der Waals surface area contributed by atoms with Crippen LogP contribution in [0, 0.1) is 17.8 Å². The molecule has 0 spiro atoms. The van der Waals surface area contributed by atoms with E-state index < -0.39 is 205 Å². The number of carboxylic acid groups (broad SMARTS) is 2. The molecule has 7 rings (SSSR count). The number of amides is 14. The number of benzene rings is 4. The first-order chi connectivity index (χ1) is 53.9. The first-order valence-electron chi connectivity index (χ1n) is 37.6. The Morgan fingerprint density at radius 1 is 0.522 bits per heavy atom. The van der Waals surface area contributed by atoms with Gasteiger partial charge in [0.2, 0.25) is 82.7 Å². The van der Waals surface area contributed by atoms with Crippen LogP contribution in [-0.2, 0) is 109 Å². The van der Waals surface area contributed by atoms with E-state index in [9.17, 15) is 72.5 Å². The summed E-state index contributed by atoms with van der Waals surface area (Å²) in [5, 5.41) is 52.8. The number of H-pyrrole nitrogens is 1. The highest BCUT2D eigenvalue weighted by Crippen LogP contribution is 2.22. The zero-order valence-corrected chi connectivity index (χ0v) is 64.1. The van der Waals surface area contributed by atoms with Crippen molar-refractivity contribution < 1.29 is 86.9 Å². The van der Waals surface area contributed by atoms with Crippen molar-refractivity contribution in [1.29, 1.82) is 0 Å². The van der Waals surface area contributed by atoms with E-state index in [0.29, 0.717) is 28.7 Å². The average Bonchev–Trinajstić information content (AvgIpc) is 1.81. The predicted molar refractivity (Wildman–Crippen MR) is 409 cm³/mol. The van der Waals surface area contributed by atoms with Gasteiger partial charge in [0.15, 0.2) is 0 Å². The molecule has 0 unspecified atom stereocenters. The highest BCUT2D eigenvalue weighted by molar-refractivity contribution is 6.01. The Bertz CT molecular complexity index is 4140. The lowest BCUT2D eigenvalue weighted by Gasteiger charge is -2.30. The number of rotatable bonds is 30. The number of fused-ring (bicyclic) bond motifs is 1. The molecule has 0 bridgehead atoms. The van der Waals surface area contributed by atoms with Crippen LogP contribution in [0.15, 0.2) is 134 Å². The number of imidazole rings is 1. The molecular formula is C79H102N16O18. The monoisotopic (exact) mass is 1560 g/mol. The Kier molecular flexibility index (Phi) is 33.6. The summed E-state index contributed by atoms with van der Waals surface area (Å²) in [5.41, 5.74) is 2.38. The fourth-order valence-corrected chi connectivity index (χ4v) is 12.8. The van der Waals surface area contributed by atoms with Crippen LogP contribution in [-0.4, -0.2) is 212 Å². The van der Waals surface area contributed by atoms with Gasteiger partial charge in [-0.2, -0.15) is 0 Å². The van der Waals surface area contributed by atoms with E-state index in [1.807, 2.05) is 0 Å². The topological polar surface area (TPSA) is 502 Å². The van der Waals surface area contributed by atoms with Crippen molar-refractivity contribution in [2.75, 3.05) is 19.6 Å². The average molecular weight is 1560 g/mol. The van der Waals surface area contributed by atoms with Gasteiger partial charge in [0.05, 0.1) is 38.0 Å². The van der Waals surface area contributed by atoms with Gasteiger partial charge in [0, 0.05) is 44.8 Å². The molecule has 2 aliphatic heterocycles. The Morgan fingerprint density at radius 3 is 1.52 bits per heavy atom. The molecule has 0 saturated carbocycles. The maximum atomic E-state index is 15.3. The van der Waals surface area contributed by atoms with Gasteiger partial charge in [-0.05, 0) is 66.2 Å². The molecule has 2 fully saturated rings. The summed E-state index contributed by atoms with van der Waals surface area (Å²) in [6, 6.07) is 15.5. The largest absolute Gasteiger partial charge is 0.481 e. The van der Waals surface area contributed by atoms with Crippen LogP contribution in [0.25, 0.3) is 0 Å². The van der Waals surface area contributed by atoms with E-state index in [4.69, 9.17) is 0 Å². The molecule has 14 amide bonds. The van der Waals surface area contributed by atoms with Crippen LogP contribution in [0.4, 0.5) is 0 Å². The lowest BCUT2D eigenvalue weighted by molar-refractivity contribution is -0.147. The molecule has 1 aromatic heterocycles. The maximum absolute atomic E-state index is 15.3. The van der Waals surface area contributed by atoms with Crippen LogP contribution in [0.5, 0.6) is 0 Å². The number of aromatic nitrogens is 2. The molecule has 0 aliphatic carbocycles. The molecule has 2 saturated heterocycles. The summed E-state index contributed by atoms with van der Waals surface area (Å²) < 4.78 is 0. The first-order valence-corrected chi connectivity index (χ1v) is 37.6. The van der Waals surface area contributed by atoms with Gasteiger partial charge < -0.3 is 89.2 Å². The molecule has 113 heavy (non-hydrogen) atoms. The third-order valence-corrected chi connectivity index (χ3v) is 19.1. The van der Waals surface area contributed by atoms with Crippen LogP contribution in [0.1, 0.15) is 115 Å². The van der Waals surface area contributed by atoms with Crippen LogP contribution >= 0.6 is 0 Å². The number of carbonyl (C=O) groups is 16. The highest BCUT2D eigenvalue weighted by Gasteiger charge is 2.42. The number of aromatic amines is 1. The van der Waals surface area contributed by atoms with Gasteiger partial charge in [-0.15, -0.1) is 0 Å². The highest BCUT2D eigenvalue weighted by atomic mass is 16.4. The Morgan fingerprint density at radius 2 is 1.02 bits per heavy atom. The van der Waals surface area contributed by atoms with Crippen LogP contribution < -0.4 is 69.1 Å². The Labute approximate surface area is 653 Å². The fraction of sp³-hybridized carbons (Fsp3) is 0.456. The summed E-state index contributed by atoms with van der Waals surface area (Å²) in [4.78, 5) is 234. The molecule has 606 valence electrons. The molecule has 34 heteroatoms. The van der Waals surface area contributed by atoms with E-state index in [0.717, 1.165) is 0 Å². The van der Waals surface area contributed by atoms with Gasteiger partial charge in [-0.25, -0.2) is 9.78 Å². The number of hydrogen-bond donors (Lipinski definition) is 16. The van der Waals surface area contributed by atoms with E-state index in [1.54, 1.807) is 163 Å². The van der Waals surface area contributed by atoms with Crippen molar-refractivity contribution in [2.24, 2.45) is 17.8 Å². The van der Waals surface area contributed by atoms with Gasteiger partial charge in [0.1, 0.15) is 72.5 Å². The molecule has 4 aromatic carbocycles. The minimum atomic E-state index is -1.93. The molecule has 3 heterocycles. The second-order valence-electron chi connectivity index (χ2n) is 28.9. The number of carbonyl (C=O) groups excluding carboxylic acids is 14. The minimum absolute atomic E-state index is 0.00796. The van der Waals surface area contributed by atoms with Gasteiger partial charge in [-0.3, -0.25) is 71.9 Å². The van der Waals surface area contributed by atoms with E-state index in [1.165, 1.54) is 24.3 Å². The van der Waals surface area contributed by atoms with Crippen molar-refractivity contribution in [3.63, 3.8) is 0 Å². The lowest BCUT2D eigenvalue weighted by Crippen LogP contribution is -2.62. The van der Waals surface area contributed by atoms with Gasteiger partial charge >= 0.3 is 11.9 Å². The molecule has 2 aliphatic rings. The number of nitrogens with one attached hydrogen (secondary N) is 14. The molecule has 34 nitrogen and oxygen atoms in total. The fourth-order valence-electron chi connectivity index (χ4n) is 12.8. The molecular weight excluding hydrogens is 1460 g/mol. The Balaban J connectivity index is 1.17. The summed E-state index contributed by atoms with van der Waals surface area (Å²) in [6.45, 7) is 10.1. The summed E-state index contributed by atoms with van der Waals surface area (Å²) in [5.74, 6) is -17.5. The van der Waals surface area contributed by atoms with Crippen LogP contribution in [0.2, 0.25) is 0 Å². The van der Waals surface area contributed by atoms with Gasteiger partial charge in [0.25, 0.3) is 0 Å². The number of nitrogens with zero attached hydrogens (tertiary/aromatic N) is 2. The van der Waals surface area contributed by atoms with Crippen molar-refractivity contribution in [3.8, 4) is 0 Å². The van der Waals surface area contributed by atoms with Crippen molar-refractivity contribution in [2.45, 2.75) is 192 Å². The first kappa shape index (κ1) is 87.8. The summed E-state index contributed by atoms with van der Waals surface area (Å²) in [7, 11) is 0. The Hall–Kier alpha value is -12.4. The van der Waals surface area contributed by atoms with Crippen molar-refractivity contribution >= 4 is 94.6 Å².